The summed E-state index contributed by atoms with van der Waals surface area (Å²) in [6.07, 6.45) is 4.11. The van der Waals surface area contributed by atoms with E-state index >= 15 is 0 Å². The minimum absolute atomic E-state index is 0.973. The van der Waals surface area contributed by atoms with Gasteiger partial charge in [0.2, 0.25) is 0 Å². The van der Waals surface area contributed by atoms with Crippen molar-refractivity contribution in [2.24, 2.45) is 0 Å². The quantitative estimate of drug-likeness (QED) is 0.726. The molecule has 1 nitrogen and oxygen atoms in total. The molecule has 16 heavy (non-hydrogen) atoms. The summed E-state index contributed by atoms with van der Waals surface area (Å²) in [6.45, 7) is 4.03. The van der Waals surface area contributed by atoms with Crippen LogP contribution in [0.5, 0.6) is 0 Å². The highest BCUT2D eigenvalue weighted by Crippen LogP contribution is 2.31. The van der Waals surface area contributed by atoms with Crippen molar-refractivity contribution in [1.82, 2.24) is 4.90 Å². The number of halogens is 2. The summed E-state index contributed by atoms with van der Waals surface area (Å²) >= 11 is 6.91. The highest BCUT2D eigenvalue weighted by atomic mass is 79.9. The van der Waals surface area contributed by atoms with Gasteiger partial charge in [-0.3, -0.25) is 0 Å². The molecule has 82 valence electrons. The Morgan fingerprint density at radius 1 is 1.06 bits per heavy atom. The van der Waals surface area contributed by atoms with Crippen molar-refractivity contribution >= 4 is 37.6 Å². The summed E-state index contributed by atoms with van der Waals surface area (Å²) in [5.74, 6) is 0. The maximum absolute atomic E-state index is 4.03. The fourth-order valence-electron chi connectivity index (χ4n) is 1.58. The summed E-state index contributed by atoms with van der Waals surface area (Å²) in [7, 11) is 2.02. The lowest BCUT2D eigenvalue weighted by atomic mass is 10.1. The smallest absolute Gasteiger partial charge is 0.0482 e. The van der Waals surface area contributed by atoms with Crippen molar-refractivity contribution in [3.05, 3.63) is 63.2 Å². The van der Waals surface area contributed by atoms with Gasteiger partial charge >= 0.3 is 0 Å². The van der Waals surface area contributed by atoms with Crippen LogP contribution in [0.1, 0.15) is 5.56 Å². The number of hydrogen-bond donors (Lipinski definition) is 0. The monoisotopic (exact) mass is 339 g/mol. The second kappa shape index (κ2) is 4.60. The Balaban J connectivity index is 2.42. The van der Waals surface area contributed by atoms with E-state index in [4.69, 9.17) is 0 Å². The maximum atomic E-state index is 4.03. The second-order valence-electron chi connectivity index (χ2n) is 3.58. The molecule has 0 fully saturated rings. The molecule has 0 spiro atoms. The van der Waals surface area contributed by atoms with Gasteiger partial charge in [0.25, 0.3) is 0 Å². The third-order valence-corrected chi connectivity index (χ3v) is 3.82. The standard InChI is InChI=1S/C13H11Br2N/c1-9-12(15)7-8-13(16(9)2)10-3-5-11(14)6-4-10/h3-8H,1H2,2H3. The first-order valence-electron chi connectivity index (χ1n) is 4.86. The van der Waals surface area contributed by atoms with E-state index in [1.54, 1.807) is 0 Å². The Morgan fingerprint density at radius 2 is 1.69 bits per heavy atom. The molecule has 0 aromatic heterocycles. The summed E-state index contributed by atoms with van der Waals surface area (Å²) in [4.78, 5) is 2.08. The van der Waals surface area contributed by atoms with Crippen LogP contribution < -0.4 is 0 Å². The number of likely N-dealkylation sites (N-methyl/N-ethyl adjacent to an activating group) is 1. The van der Waals surface area contributed by atoms with Gasteiger partial charge < -0.3 is 4.90 Å². The van der Waals surface area contributed by atoms with Crippen LogP contribution in [0.15, 0.2) is 57.6 Å². The molecule has 2 rings (SSSR count). The highest BCUT2D eigenvalue weighted by molar-refractivity contribution is 9.12. The minimum atomic E-state index is 0.973. The van der Waals surface area contributed by atoms with Crippen LogP contribution in [0.2, 0.25) is 0 Å². The molecule has 0 atom stereocenters. The molecule has 1 aromatic carbocycles. The molecular formula is C13H11Br2N. The van der Waals surface area contributed by atoms with E-state index in [-0.39, 0.29) is 0 Å². The third-order valence-electron chi connectivity index (χ3n) is 2.57. The van der Waals surface area contributed by atoms with Gasteiger partial charge in [-0.1, -0.05) is 34.6 Å². The molecule has 0 amide bonds. The van der Waals surface area contributed by atoms with E-state index in [0.29, 0.717) is 0 Å². The Labute approximate surface area is 112 Å². The number of allylic oxidation sites excluding steroid dienone is 3. The van der Waals surface area contributed by atoms with Crippen LogP contribution in [0.3, 0.4) is 0 Å². The average Bonchev–Trinajstić information content (AvgIpc) is 2.28. The van der Waals surface area contributed by atoms with Crippen LogP contribution in [-0.4, -0.2) is 11.9 Å². The summed E-state index contributed by atoms with van der Waals surface area (Å²) in [5, 5.41) is 0. The Morgan fingerprint density at radius 3 is 2.31 bits per heavy atom. The molecule has 0 bridgehead atoms. The van der Waals surface area contributed by atoms with Gasteiger partial charge in [-0.15, -0.1) is 0 Å². The van der Waals surface area contributed by atoms with E-state index < -0.39 is 0 Å². The van der Waals surface area contributed by atoms with E-state index in [9.17, 15) is 0 Å². The fraction of sp³-hybridized carbons (Fsp3) is 0.0769. The van der Waals surface area contributed by atoms with Crippen molar-refractivity contribution in [2.75, 3.05) is 7.05 Å². The van der Waals surface area contributed by atoms with Crippen molar-refractivity contribution in [3.8, 4) is 0 Å². The molecule has 1 heterocycles. The third kappa shape index (κ3) is 2.15. The summed E-state index contributed by atoms with van der Waals surface area (Å²) < 4.78 is 2.11. The van der Waals surface area contributed by atoms with Gasteiger partial charge in [0.1, 0.15) is 0 Å². The lowest BCUT2D eigenvalue weighted by Gasteiger charge is -2.27. The fourth-order valence-corrected chi connectivity index (χ4v) is 2.24. The maximum Gasteiger partial charge on any atom is 0.0482 e. The molecule has 3 heteroatoms. The van der Waals surface area contributed by atoms with Crippen molar-refractivity contribution in [3.63, 3.8) is 0 Å². The molecule has 1 aliphatic rings. The molecule has 0 saturated carbocycles. The zero-order valence-electron chi connectivity index (χ0n) is 8.87. The Hall–Kier alpha value is -0.800. The van der Waals surface area contributed by atoms with Crippen LogP contribution in [0.4, 0.5) is 0 Å². The van der Waals surface area contributed by atoms with E-state index in [2.05, 4.69) is 61.5 Å². The van der Waals surface area contributed by atoms with Crippen LogP contribution >= 0.6 is 31.9 Å². The zero-order valence-corrected chi connectivity index (χ0v) is 12.0. The van der Waals surface area contributed by atoms with Gasteiger partial charge in [-0.05, 0) is 45.8 Å². The first-order chi connectivity index (χ1) is 7.59. The van der Waals surface area contributed by atoms with E-state index in [1.807, 2.05) is 25.3 Å². The first-order valence-corrected chi connectivity index (χ1v) is 6.44. The van der Waals surface area contributed by atoms with Gasteiger partial charge in [-0.25, -0.2) is 0 Å². The predicted octanol–water partition coefficient (Wildman–Crippen LogP) is 4.53. The molecule has 0 N–H and O–H groups in total. The molecule has 0 radical (unpaired) electrons. The SMILES string of the molecule is C=C1C(Br)=CC=C(c2ccc(Br)cc2)N1C. The van der Waals surface area contributed by atoms with Gasteiger partial charge in [0, 0.05) is 27.4 Å². The van der Waals surface area contributed by atoms with Gasteiger partial charge in [0.15, 0.2) is 0 Å². The average molecular weight is 341 g/mol. The first kappa shape index (κ1) is 11.7. The molecule has 1 aliphatic heterocycles. The van der Waals surface area contributed by atoms with E-state index in [0.717, 1.165) is 20.3 Å². The van der Waals surface area contributed by atoms with Crippen molar-refractivity contribution in [1.29, 1.82) is 0 Å². The van der Waals surface area contributed by atoms with Crippen molar-refractivity contribution < 1.29 is 0 Å². The predicted molar refractivity (Wildman–Crippen MR) is 76.0 cm³/mol. The normalized spacial score (nSPS) is 15.9. The molecule has 0 aliphatic carbocycles. The van der Waals surface area contributed by atoms with Gasteiger partial charge in [-0.2, -0.15) is 0 Å². The zero-order chi connectivity index (χ0) is 11.7. The minimum Gasteiger partial charge on any atom is -0.344 e. The molecule has 1 aromatic rings. The topological polar surface area (TPSA) is 3.24 Å². The largest absolute Gasteiger partial charge is 0.344 e. The van der Waals surface area contributed by atoms with E-state index in [1.165, 1.54) is 5.56 Å². The molecule has 0 unspecified atom stereocenters. The lowest BCUT2D eigenvalue weighted by molar-refractivity contribution is 0.613. The molecular weight excluding hydrogens is 330 g/mol. The number of nitrogens with zero attached hydrogens (tertiary/aromatic N) is 1. The lowest BCUT2D eigenvalue weighted by Crippen LogP contribution is -2.17. The molecule has 0 saturated heterocycles. The summed E-state index contributed by atoms with van der Waals surface area (Å²) in [6, 6.07) is 8.26. The number of hydrogen-bond acceptors (Lipinski definition) is 1. The Bertz CT molecular complexity index is 483. The second-order valence-corrected chi connectivity index (χ2v) is 5.35. The highest BCUT2D eigenvalue weighted by Gasteiger charge is 2.15. The number of rotatable bonds is 1. The van der Waals surface area contributed by atoms with Crippen LogP contribution in [0, 0.1) is 0 Å². The van der Waals surface area contributed by atoms with Gasteiger partial charge in [0.05, 0.1) is 0 Å². The van der Waals surface area contributed by atoms with Crippen molar-refractivity contribution in [2.45, 2.75) is 0 Å². The van der Waals surface area contributed by atoms with Crippen LogP contribution in [0.25, 0.3) is 5.70 Å². The number of benzene rings is 1. The Kier molecular flexibility index (Phi) is 3.36. The summed E-state index contributed by atoms with van der Waals surface area (Å²) in [5.41, 5.74) is 3.31. The van der Waals surface area contributed by atoms with Crippen LogP contribution in [-0.2, 0) is 0 Å².